The fourth-order valence-corrected chi connectivity index (χ4v) is 2.39. The number of fused-ring (bicyclic) bond motifs is 3. The maximum Gasteiger partial charge on any atom is 0.449 e. The number of nitrogens with one attached hydrogen (secondary N) is 1. The predicted octanol–water partition coefficient (Wildman–Crippen LogP) is 3.01. The SMILES string of the molecule is O=c1[nH]c(C(F)(F)F)nc2c1-c1ccc(Cl)cc1C2. The number of halogens is 4. The van der Waals surface area contributed by atoms with Crippen LogP contribution < -0.4 is 5.56 Å². The number of rotatable bonds is 0. The van der Waals surface area contributed by atoms with Crippen molar-refractivity contribution in [3.05, 3.63) is 50.7 Å². The molecule has 7 heteroatoms. The van der Waals surface area contributed by atoms with Gasteiger partial charge in [0.15, 0.2) is 0 Å². The molecule has 19 heavy (non-hydrogen) atoms. The fraction of sp³-hybridized carbons (Fsp3) is 0.167. The average Bonchev–Trinajstić information content (AvgIpc) is 2.65. The molecule has 3 rings (SSSR count). The first-order valence-electron chi connectivity index (χ1n) is 5.35. The summed E-state index contributed by atoms with van der Waals surface area (Å²) in [4.78, 5) is 17.1. The van der Waals surface area contributed by atoms with Gasteiger partial charge < -0.3 is 4.98 Å². The lowest BCUT2D eigenvalue weighted by Crippen LogP contribution is -2.21. The Morgan fingerprint density at radius 2 is 2.05 bits per heavy atom. The largest absolute Gasteiger partial charge is 0.449 e. The second kappa shape index (κ2) is 3.84. The van der Waals surface area contributed by atoms with Crippen LogP contribution in [0.5, 0.6) is 0 Å². The molecular weight excluding hydrogens is 281 g/mol. The molecule has 0 atom stereocenters. The molecule has 98 valence electrons. The van der Waals surface area contributed by atoms with Crippen LogP contribution in [-0.4, -0.2) is 9.97 Å². The molecule has 0 aliphatic heterocycles. The van der Waals surface area contributed by atoms with Gasteiger partial charge >= 0.3 is 6.18 Å². The summed E-state index contributed by atoms with van der Waals surface area (Å²) in [6.07, 6.45) is -4.49. The van der Waals surface area contributed by atoms with Crippen LogP contribution in [0.25, 0.3) is 11.1 Å². The summed E-state index contributed by atoms with van der Waals surface area (Å²) < 4.78 is 37.7. The Hall–Kier alpha value is -1.82. The van der Waals surface area contributed by atoms with Gasteiger partial charge in [0.2, 0.25) is 5.82 Å². The van der Waals surface area contributed by atoms with E-state index >= 15 is 0 Å². The summed E-state index contributed by atoms with van der Waals surface area (Å²) in [7, 11) is 0. The van der Waals surface area contributed by atoms with Gasteiger partial charge in [-0.05, 0) is 23.3 Å². The zero-order chi connectivity index (χ0) is 13.8. The number of hydrogen-bond acceptors (Lipinski definition) is 2. The summed E-state index contributed by atoms with van der Waals surface area (Å²) in [5, 5.41) is 0.471. The molecule has 1 aromatic carbocycles. The van der Waals surface area contributed by atoms with Crippen LogP contribution in [0, 0.1) is 0 Å². The summed E-state index contributed by atoms with van der Waals surface area (Å²) in [5.74, 6) is -1.27. The van der Waals surface area contributed by atoms with Crippen LogP contribution in [0.2, 0.25) is 5.02 Å². The van der Waals surface area contributed by atoms with Gasteiger partial charge in [0.05, 0.1) is 11.3 Å². The first kappa shape index (κ1) is 12.2. The van der Waals surface area contributed by atoms with Crippen LogP contribution in [-0.2, 0) is 12.6 Å². The van der Waals surface area contributed by atoms with Crippen molar-refractivity contribution < 1.29 is 13.2 Å². The van der Waals surface area contributed by atoms with E-state index < -0.39 is 17.6 Å². The molecular formula is C12H6ClF3N2O. The summed E-state index contributed by atoms with van der Waals surface area (Å²) in [6, 6.07) is 4.84. The number of alkyl halides is 3. The molecule has 1 aliphatic carbocycles. The van der Waals surface area contributed by atoms with Crippen LogP contribution in [0.1, 0.15) is 17.1 Å². The van der Waals surface area contributed by atoms with E-state index in [1.165, 1.54) is 0 Å². The highest BCUT2D eigenvalue weighted by Crippen LogP contribution is 2.35. The highest BCUT2D eigenvalue weighted by Gasteiger charge is 2.36. The van der Waals surface area contributed by atoms with Crippen molar-refractivity contribution in [2.45, 2.75) is 12.6 Å². The molecule has 1 aromatic heterocycles. The predicted molar refractivity (Wildman–Crippen MR) is 63.1 cm³/mol. The van der Waals surface area contributed by atoms with Gasteiger partial charge in [-0.15, -0.1) is 0 Å². The summed E-state index contributed by atoms with van der Waals surface area (Å²) >= 11 is 5.82. The number of H-pyrrole nitrogens is 1. The van der Waals surface area contributed by atoms with Gasteiger partial charge in [0, 0.05) is 11.4 Å². The highest BCUT2D eigenvalue weighted by atomic mass is 35.5. The molecule has 0 saturated carbocycles. The Labute approximate surface area is 110 Å². The van der Waals surface area contributed by atoms with E-state index in [0.717, 1.165) is 0 Å². The van der Waals surface area contributed by atoms with Crippen LogP contribution in [0.3, 0.4) is 0 Å². The third kappa shape index (κ3) is 1.92. The van der Waals surface area contributed by atoms with E-state index in [2.05, 4.69) is 4.98 Å². The molecule has 2 aromatic rings. The summed E-state index contributed by atoms with van der Waals surface area (Å²) in [6.45, 7) is 0. The third-order valence-corrected chi connectivity index (χ3v) is 3.19. The van der Waals surface area contributed by atoms with E-state index in [4.69, 9.17) is 11.6 Å². The lowest BCUT2D eigenvalue weighted by Gasteiger charge is -2.06. The lowest BCUT2D eigenvalue weighted by atomic mass is 10.1. The van der Waals surface area contributed by atoms with Gasteiger partial charge in [-0.3, -0.25) is 4.79 Å². The minimum atomic E-state index is -4.67. The molecule has 1 aliphatic rings. The number of aromatic amines is 1. The Morgan fingerprint density at radius 3 is 2.74 bits per heavy atom. The van der Waals surface area contributed by atoms with Gasteiger partial charge in [0.1, 0.15) is 0 Å². The van der Waals surface area contributed by atoms with Crippen LogP contribution in [0.4, 0.5) is 13.2 Å². The number of aromatic nitrogens is 2. The van der Waals surface area contributed by atoms with E-state index in [0.29, 0.717) is 16.1 Å². The van der Waals surface area contributed by atoms with Gasteiger partial charge in [-0.2, -0.15) is 13.2 Å². The third-order valence-electron chi connectivity index (χ3n) is 2.96. The van der Waals surface area contributed by atoms with Crippen molar-refractivity contribution >= 4 is 11.6 Å². The van der Waals surface area contributed by atoms with Crippen molar-refractivity contribution in [2.75, 3.05) is 0 Å². The topological polar surface area (TPSA) is 45.8 Å². The Balaban J connectivity index is 2.23. The van der Waals surface area contributed by atoms with Crippen molar-refractivity contribution in [1.82, 2.24) is 9.97 Å². The van der Waals surface area contributed by atoms with Crippen molar-refractivity contribution in [2.24, 2.45) is 0 Å². The van der Waals surface area contributed by atoms with Gasteiger partial charge in [0.25, 0.3) is 5.56 Å². The minimum Gasteiger partial charge on any atom is -0.302 e. The first-order valence-corrected chi connectivity index (χ1v) is 5.73. The normalized spacial score (nSPS) is 13.3. The zero-order valence-electron chi connectivity index (χ0n) is 9.31. The Morgan fingerprint density at radius 1 is 1.32 bits per heavy atom. The van der Waals surface area contributed by atoms with Gasteiger partial charge in [-0.25, -0.2) is 4.98 Å². The van der Waals surface area contributed by atoms with Crippen LogP contribution >= 0.6 is 11.6 Å². The molecule has 0 bridgehead atoms. The van der Waals surface area contributed by atoms with E-state index in [9.17, 15) is 18.0 Å². The second-order valence-electron chi connectivity index (χ2n) is 4.21. The molecule has 0 unspecified atom stereocenters. The number of hydrogen-bond donors (Lipinski definition) is 1. The highest BCUT2D eigenvalue weighted by molar-refractivity contribution is 6.30. The van der Waals surface area contributed by atoms with Crippen LogP contribution in [0.15, 0.2) is 23.0 Å². The zero-order valence-corrected chi connectivity index (χ0v) is 10.1. The second-order valence-corrected chi connectivity index (χ2v) is 4.65. The molecule has 0 radical (unpaired) electrons. The molecule has 0 amide bonds. The molecule has 0 spiro atoms. The van der Waals surface area contributed by atoms with Crippen molar-refractivity contribution in [1.29, 1.82) is 0 Å². The Kier molecular flexibility index (Phi) is 2.47. The van der Waals surface area contributed by atoms with Gasteiger partial charge in [-0.1, -0.05) is 17.7 Å². The first-order chi connectivity index (χ1) is 8.86. The smallest absolute Gasteiger partial charge is 0.302 e. The number of nitrogens with zero attached hydrogens (tertiary/aromatic N) is 1. The Bertz CT molecular complexity index is 737. The van der Waals surface area contributed by atoms with E-state index in [1.807, 2.05) is 0 Å². The lowest BCUT2D eigenvalue weighted by molar-refractivity contribution is -0.145. The molecule has 0 saturated heterocycles. The summed E-state index contributed by atoms with van der Waals surface area (Å²) in [5.41, 5.74) is 0.841. The minimum absolute atomic E-state index is 0.133. The van der Waals surface area contributed by atoms with Crippen molar-refractivity contribution in [3.8, 4) is 11.1 Å². The monoisotopic (exact) mass is 286 g/mol. The molecule has 3 nitrogen and oxygen atoms in total. The molecule has 1 heterocycles. The van der Waals surface area contributed by atoms with E-state index in [-0.39, 0.29) is 17.7 Å². The number of benzene rings is 1. The maximum absolute atomic E-state index is 12.6. The van der Waals surface area contributed by atoms with Crippen molar-refractivity contribution in [3.63, 3.8) is 0 Å². The molecule has 0 fully saturated rings. The quantitative estimate of drug-likeness (QED) is 0.690. The van der Waals surface area contributed by atoms with E-state index in [1.54, 1.807) is 23.2 Å². The fourth-order valence-electron chi connectivity index (χ4n) is 2.19. The molecule has 1 N–H and O–H groups in total. The average molecular weight is 287 g/mol. The maximum atomic E-state index is 12.6. The standard InChI is InChI=1S/C12H6ClF3N2O/c13-6-1-2-7-5(3-6)4-8-9(7)10(19)18-11(17-8)12(14,15)16/h1-3H,4H2,(H,17,18,19).